The molecule has 1 rings (SSSR count). The van der Waals surface area contributed by atoms with Crippen LogP contribution >= 0.6 is 0 Å². The molecule has 17 heavy (non-hydrogen) atoms. The van der Waals surface area contributed by atoms with E-state index >= 15 is 0 Å². The van der Waals surface area contributed by atoms with Crippen molar-refractivity contribution in [3.8, 4) is 0 Å². The van der Waals surface area contributed by atoms with Crippen molar-refractivity contribution in [2.24, 2.45) is 0 Å². The summed E-state index contributed by atoms with van der Waals surface area (Å²) in [6.07, 6.45) is -3.73. The number of hydrogen-bond donors (Lipinski definition) is 0. The van der Waals surface area contributed by atoms with Gasteiger partial charge in [-0.05, 0) is 28.6 Å². The van der Waals surface area contributed by atoms with Crippen LogP contribution in [0.2, 0.25) is 0 Å². The number of halogens is 4. The Balaban J connectivity index is 3.34. The van der Waals surface area contributed by atoms with Crippen LogP contribution in [0.15, 0.2) is 18.2 Å². The van der Waals surface area contributed by atoms with Gasteiger partial charge < -0.3 is 0 Å². The zero-order chi connectivity index (χ0) is 13.3. The Kier molecular flexibility index (Phi) is 3.90. The van der Waals surface area contributed by atoms with Gasteiger partial charge in [-0.3, -0.25) is 0 Å². The first-order valence-electron chi connectivity index (χ1n) is 5.48. The second-order valence-electron chi connectivity index (χ2n) is 4.79. The Labute approximate surface area is 99.4 Å². The van der Waals surface area contributed by atoms with Crippen LogP contribution in [-0.2, 0) is 18.2 Å². The summed E-state index contributed by atoms with van der Waals surface area (Å²) < 4.78 is 50.6. The number of alkyl halides is 4. The molecule has 0 N–H and O–H groups in total. The third-order valence-electron chi connectivity index (χ3n) is 3.14. The highest BCUT2D eigenvalue weighted by Crippen LogP contribution is 2.34. The van der Waals surface area contributed by atoms with Gasteiger partial charge in [0.15, 0.2) is 0 Å². The molecule has 0 aliphatic carbocycles. The minimum atomic E-state index is -4.43. The molecule has 0 saturated heterocycles. The lowest BCUT2D eigenvalue weighted by Crippen LogP contribution is -2.22. The van der Waals surface area contributed by atoms with Crippen LogP contribution in [0.5, 0.6) is 0 Å². The highest BCUT2D eigenvalue weighted by atomic mass is 19.4. The maximum Gasteiger partial charge on any atom is 0.416 e. The SMILES string of the molecule is BC(C)(CC)c1cc(CF)cc(C(F)(F)F)c1. The molecular formula is C12H15BF4. The standard InChI is InChI=1S/C12H15BF4/c1-3-11(2,13)9-4-8(7-14)5-10(6-9)12(15,16)17/h4-6H,3,7,13H2,1-2H3. The average Bonchev–Trinajstić information content (AvgIpc) is 2.27. The smallest absolute Gasteiger partial charge is 0.246 e. The van der Waals surface area contributed by atoms with Crippen LogP contribution in [0, 0.1) is 0 Å². The van der Waals surface area contributed by atoms with E-state index in [0.29, 0.717) is 12.0 Å². The van der Waals surface area contributed by atoms with Gasteiger partial charge in [0.2, 0.25) is 0 Å². The van der Waals surface area contributed by atoms with Crippen LogP contribution in [0.4, 0.5) is 17.6 Å². The molecule has 0 aliphatic rings. The van der Waals surface area contributed by atoms with E-state index in [1.54, 1.807) is 0 Å². The monoisotopic (exact) mass is 246 g/mol. The minimum Gasteiger partial charge on any atom is -0.246 e. The fourth-order valence-electron chi connectivity index (χ4n) is 1.53. The van der Waals surface area contributed by atoms with Gasteiger partial charge in [0.25, 0.3) is 0 Å². The van der Waals surface area contributed by atoms with Crippen molar-refractivity contribution in [1.29, 1.82) is 0 Å². The molecule has 1 unspecified atom stereocenters. The van der Waals surface area contributed by atoms with Crippen LogP contribution in [-0.4, -0.2) is 7.85 Å². The summed E-state index contributed by atoms with van der Waals surface area (Å²) in [4.78, 5) is 0. The van der Waals surface area contributed by atoms with E-state index in [9.17, 15) is 17.6 Å². The van der Waals surface area contributed by atoms with Crippen LogP contribution in [0.1, 0.15) is 37.0 Å². The predicted octanol–water partition coefficient (Wildman–Crippen LogP) is 3.43. The highest BCUT2D eigenvalue weighted by molar-refractivity contribution is 6.15. The largest absolute Gasteiger partial charge is 0.416 e. The molecule has 1 aromatic rings. The van der Waals surface area contributed by atoms with E-state index in [4.69, 9.17) is 0 Å². The molecule has 1 aromatic carbocycles. The summed E-state index contributed by atoms with van der Waals surface area (Å²) in [6.45, 7) is 2.87. The van der Waals surface area contributed by atoms with Crippen molar-refractivity contribution in [2.45, 2.75) is 38.4 Å². The topological polar surface area (TPSA) is 0 Å². The fraction of sp³-hybridized carbons (Fsp3) is 0.500. The van der Waals surface area contributed by atoms with Gasteiger partial charge in [0.05, 0.1) is 5.56 Å². The van der Waals surface area contributed by atoms with E-state index in [0.717, 1.165) is 12.1 Å². The van der Waals surface area contributed by atoms with E-state index in [1.807, 2.05) is 21.7 Å². The molecular weight excluding hydrogens is 231 g/mol. The van der Waals surface area contributed by atoms with Gasteiger partial charge in [0.1, 0.15) is 14.5 Å². The predicted molar refractivity (Wildman–Crippen MR) is 62.4 cm³/mol. The Hall–Kier alpha value is -0.995. The summed E-state index contributed by atoms with van der Waals surface area (Å²) >= 11 is 0. The van der Waals surface area contributed by atoms with E-state index < -0.39 is 18.4 Å². The van der Waals surface area contributed by atoms with Gasteiger partial charge in [-0.15, -0.1) is 0 Å². The fourth-order valence-corrected chi connectivity index (χ4v) is 1.53. The minimum absolute atomic E-state index is 0.0800. The van der Waals surface area contributed by atoms with Gasteiger partial charge >= 0.3 is 6.18 Å². The second kappa shape index (κ2) is 4.71. The molecule has 0 fully saturated rings. The van der Waals surface area contributed by atoms with E-state index in [2.05, 4.69) is 0 Å². The molecule has 0 aromatic heterocycles. The lowest BCUT2D eigenvalue weighted by Gasteiger charge is -2.25. The van der Waals surface area contributed by atoms with E-state index in [1.165, 1.54) is 6.07 Å². The first-order valence-corrected chi connectivity index (χ1v) is 5.48. The molecule has 0 aliphatic heterocycles. The molecule has 0 radical (unpaired) electrons. The first kappa shape index (κ1) is 14.1. The second-order valence-corrected chi connectivity index (χ2v) is 4.79. The third-order valence-corrected chi connectivity index (χ3v) is 3.14. The summed E-state index contributed by atoms with van der Waals surface area (Å²) in [6, 6.07) is 3.50. The van der Waals surface area contributed by atoms with Crippen molar-refractivity contribution in [3.05, 3.63) is 34.9 Å². The molecule has 0 saturated carbocycles. The van der Waals surface area contributed by atoms with Crippen molar-refractivity contribution in [1.82, 2.24) is 0 Å². The highest BCUT2D eigenvalue weighted by Gasteiger charge is 2.32. The Morgan fingerprint density at radius 2 is 1.65 bits per heavy atom. The van der Waals surface area contributed by atoms with Crippen molar-refractivity contribution >= 4 is 7.85 Å². The Morgan fingerprint density at radius 1 is 1.12 bits per heavy atom. The van der Waals surface area contributed by atoms with Gasteiger partial charge in [-0.25, -0.2) is 4.39 Å². The summed E-state index contributed by atoms with van der Waals surface area (Å²) in [5, 5.41) is -0.384. The van der Waals surface area contributed by atoms with Crippen molar-refractivity contribution in [3.63, 3.8) is 0 Å². The van der Waals surface area contributed by atoms with Crippen molar-refractivity contribution < 1.29 is 17.6 Å². The lowest BCUT2D eigenvalue weighted by molar-refractivity contribution is -0.137. The number of rotatable bonds is 3. The van der Waals surface area contributed by atoms with Gasteiger partial charge in [-0.1, -0.05) is 26.3 Å². The van der Waals surface area contributed by atoms with Gasteiger partial charge in [0, 0.05) is 0 Å². The molecule has 0 bridgehead atoms. The summed E-state index contributed by atoms with van der Waals surface area (Å²) in [5.41, 5.74) is -0.164. The summed E-state index contributed by atoms with van der Waals surface area (Å²) in [7, 11) is 1.85. The number of benzene rings is 1. The first-order chi connectivity index (χ1) is 7.70. The molecule has 5 heteroatoms. The zero-order valence-corrected chi connectivity index (χ0v) is 10.2. The molecule has 0 amide bonds. The van der Waals surface area contributed by atoms with Gasteiger partial charge in [-0.2, -0.15) is 13.2 Å². The molecule has 0 nitrogen and oxygen atoms in total. The maximum atomic E-state index is 12.7. The lowest BCUT2D eigenvalue weighted by atomic mass is 9.63. The molecule has 94 valence electrons. The third kappa shape index (κ3) is 3.24. The van der Waals surface area contributed by atoms with Crippen LogP contribution in [0.25, 0.3) is 0 Å². The van der Waals surface area contributed by atoms with Crippen LogP contribution in [0.3, 0.4) is 0 Å². The quantitative estimate of drug-likeness (QED) is 0.566. The average molecular weight is 246 g/mol. The van der Waals surface area contributed by atoms with Crippen molar-refractivity contribution in [2.75, 3.05) is 0 Å². The molecule has 0 heterocycles. The Bertz CT molecular complexity index is 396. The molecule has 1 atom stereocenters. The summed E-state index contributed by atoms with van der Waals surface area (Å²) in [5.74, 6) is 0. The zero-order valence-electron chi connectivity index (χ0n) is 10.2. The normalized spacial score (nSPS) is 15.6. The number of hydrogen-bond acceptors (Lipinski definition) is 0. The maximum absolute atomic E-state index is 12.7. The Morgan fingerprint density at radius 3 is 2.06 bits per heavy atom. The van der Waals surface area contributed by atoms with E-state index in [-0.39, 0.29) is 10.9 Å². The van der Waals surface area contributed by atoms with Crippen LogP contribution < -0.4 is 0 Å². The molecule has 0 spiro atoms.